The SMILES string of the molecule is C=C1CCN(c2cc(C(=O)O)cc(OCCOCCOCCOCCOC)c2C)C(=O)C1.CN(CCCCCCOc1cccc(N2CCC(=O)NC2=O)c1)C(=O)OC(C)(C)C. The van der Waals surface area contributed by atoms with Gasteiger partial charge in [0.25, 0.3) is 0 Å². The van der Waals surface area contributed by atoms with Crippen LogP contribution in [-0.2, 0) is 33.3 Å². The third-order valence-electron chi connectivity index (χ3n) is 9.47. The van der Waals surface area contributed by atoms with Crippen molar-refractivity contribution >= 4 is 41.3 Å². The number of nitrogens with zero attached hydrogens (tertiary/aromatic N) is 3. The van der Waals surface area contributed by atoms with E-state index in [0.29, 0.717) is 114 Å². The Balaban J connectivity index is 0.000000331. The summed E-state index contributed by atoms with van der Waals surface area (Å²) in [4.78, 5) is 63.9. The van der Waals surface area contributed by atoms with E-state index in [0.717, 1.165) is 31.3 Å². The summed E-state index contributed by atoms with van der Waals surface area (Å²) < 4.78 is 38.0. The van der Waals surface area contributed by atoms with Gasteiger partial charge in [-0.15, -0.1) is 0 Å². The molecule has 344 valence electrons. The maximum atomic E-state index is 12.5. The molecular weight excluding hydrogens is 805 g/mol. The molecule has 0 aromatic heterocycles. The normalized spacial score (nSPS) is 14.2. The van der Waals surface area contributed by atoms with E-state index < -0.39 is 17.6 Å². The summed E-state index contributed by atoms with van der Waals surface area (Å²) in [5, 5.41) is 11.8. The summed E-state index contributed by atoms with van der Waals surface area (Å²) in [6.45, 7) is 16.8. The van der Waals surface area contributed by atoms with Gasteiger partial charge in [-0.05, 0) is 71.2 Å². The third-order valence-corrected chi connectivity index (χ3v) is 9.47. The van der Waals surface area contributed by atoms with Gasteiger partial charge in [0.2, 0.25) is 11.8 Å². The fraction of sp³-hybridized carbons (Fsp3) is 0.578. The maximum absolute atomic E-state index is 12.5. The Morgan fingerprint density at radius 3 is 2.10 bits per heavy atom. The molecule has 17 nitrogen and oxygen atoms in total. The molecule has 2 heterocycles. The summed E-state index contributed by atoms with van der Waals surface area (Å²) in [6.07, 6.45) is 4.76. The van der Waals surface area contributed by atoms with Crippen LogP contribution in [0.25, 0.3) is 0 Å². The van der Waals surface area contributed by atoms with Crippen LogP contribution in [0.3, 0.4) is 0 Å². The summed E-state index contributed by atoms with van der Waals surface area (Å²) in [6, 6.07) is 9.91. The monoisotopic (exact) mass is 870 g/mol. The first-order valence-corrected chi connectivity index (χ1v) is 21.1. The number of unbranched alkanes of at least 4 members (excludes halogenated alkanes) is 3. The number of carboxylic acids is 1. The Morgan fingerprint density at radius 2 is 1.47 bits per heavy atom. The van der Waals surface area contributed by atoms with Crippen molar-refractivity contribution < 1.29 is 62.2 Å². The minimum absolute atomic E-state index is 0.0693. The van der Waals surface area contributed by atoms with Crippen molar-refractivity contribution in [2.24, 2.45) is 0 Å². The standard InChI is InChI=1S/C23H33NO8.C22H33N3O5/c1-17-4-5-24(22(25)14-17)20-15-19(23(26)27)16-21(18(20)2)32-13-12-31-11-10-30-9-8-29-7-6-28-3;1-22(2,3)30-21(28)24(4)13-7-5-6-8-15-29-18-11-9-10-17(16-18)25-14-12-19(26)23-20(25)27/h15-16H,1,4-14H2,2-3H3,(H,26,27);9-11,16H,5-8,12-15H2,1-4H3,(H,23,26,27). The first-order valence-electron chi connectivity index (χ1n) is 21.1. The molecule has 0 radical (unpaired) electrons. The van der Waals surface area contributed by atoms with Crippen LogP contribution in [0.4, 0.5) is 21.0 Å². The molecule has 2 saturated heterocycles. The predicted molar refractivity (Wildman–Crippen MR) is 233 cm³/mol. The van der Waals surface area contributed by atoms with E-state index in [4.69, 9.17) is 33.2 Å². The molecule has 2 aliphatic heterocycles. The molecule has 62 heavy (non-hydrogen) atoms. The Bertz CT molecular complexity index is 1780. The average molecular weight is 871 g/mol. The highest BCUT2D eigenvalue weighted by Gasteiger charge is 2.27. The largest absolute Gasteiger partial charge is 0.494 e. The molecule has 2 aromatic rings. The molecular formula is C45H66N4O13. The van der Waals surface area contributed by atoms with Gasteiger partial charge in [-0.3, -0.25) is 19.8 Å². The van der Waals surface area contributed by atoms with Crippen LogP contribution in [-0.4, -0.2) is 139 Å². The Kier molecular flexibility index (Phi) is 22.2. The number of nitrogens with one attached hydrogen (secondary N) is 1. The van der Waals surface area contributed by atoms with E-state index in [9.17, 15) is 29.1 Å². The lowest BCUT2D eigenvalue weighted by molar-refractivity contribution is -0.120. The zero-order valence-electron chi connectivity index (χ0n) is 37.3. The van der Waals surface area contributed by atoms with Crippen LogP contribution in [0, 0.1) is 6.92 Å². The fourth-order valence-electron chi connectivity index (χ4n) is 6.15. The molecule has 0 atom stereocenters. The van der Waals surface area contributed by atoms with Crippen LogP contribution >= 0.6 is 0 Å². The van der Waals surface area contributed by atoms with Crippen molar-refractivity contribution in [1.82, 2.24) is 10.2 Å². The minimum Gasteiger partial charge on any atom is -0.494 e. The van der Waals surface area contributed by atoms with Gasteiger partial charge in [-0.25, -0.2) is 14.4 Å². The van der Waals surface area contributed by atoms with Crippen LogP contribution in [0.1, 0.15) is 81.6 Å². The number of urea groups is 1. The van der Waals surface area contributed by atoms with Crippen LogP contribution < -0.4 is 24.6 Å². The molecule has 0 spiro atoms. The number of carboxylic acid groups (broad SMARTS) is 1. The molecule has 5 amide bonds. The van der Waals surface area contributed by atoms with E-state index in [2.05, 4.69) is 11.9 Å². The number of hydrogen-bond acceptors (Lipinski definition) is 12. The number of rotatable bonds is 24. The van der Waals surface area contributed by atoms with Crippen LogP contribution in [0.5, 0.6) is 11.5 Å². The number of methoxy groups -OCH3 is 1. The number of imide groups is 1. The van der Waals surface area contributed by atoms with E-state index in [1.807, 2.05) is 52.0 Å². The quantitative estimate of drug-likeness (QED) is 0.0872. The van der Waals surface area contributed by atoms with E-state index in [1.165, 1.54) is 17.0 Å². The molecule has 2 aliphatic rings. The molecule has 0 aliphatic carbocycles. The van der Waals surface area contributed by atoms with Gasteiger partial charge in [-0.1, -0.05) is 31.1 Å². The molecule has 2 aromatic carbocycles. The van der Waals surface area contributed by atoms with Crippen LogP contribution in [0.15, 0.2) is 48.6 Å². The Labute approximate surface area is 365 Å². The van der Waals surface area contributed by atoms with Crippen molar-refractivity contribution in [3.63, 3.8) is 0 Å². The number of piperidine rings is 1. The highest BCUT2D eigenvalue weighted by atomic mass is 16.6. The number of carbonyl (C=O) groups is 5. The number of ether oxygens (including phenoxy) is 7. The Morgan fingerprint density at radius 1 is 0.823 bits per heavy atom. The smallest absolute Gasteiger partial charge is 0.410 e. The zero-order chi connectivity index (χ0) is 45.5. The summed E-state index contributed by atoms with van der Waals surface area (Å²) in [7, 11) is 3.37. The van der Waals surface area contributed by atoms with Crippen molar-refractivity contribution in [1.29, 1.82) is 0 Å². The maximum Gasteiger partial charge on any atom is 0.410 e. The number of anilines is 2. The van der Waals surface area contributed by atoms with Crippen molar-refractivity contribution in [3.05, 3.63) is 59.7 Å². The summed E-state index contributed by atoms with van der Waals surface area (Å²) >= 11 is 0. The summed E-state index contributed by atoms with van der Waals surface area (Å²) in [5.74, 6) is -0.303. The molecule has 2 N–H and O–H groups in total. The lowest BCUT2D eigenvalue weighted by Gasteiger charge is -2.30. The number of amides is 5. The van der Waals surface area contributed by atoms with Gasteiger partial charge < -0.3 is 48.1 Å². The fourth-order valence-corrected chi connectivity index (χ4v) is 6.15. The number of carbonyl (C=O) groups excluding carboxylic acids is 4. The third kappa shape index (κ3) is 18.8. The highest BCUT2D eigenvalue weighted by Crippen LogP contribution is 2.34. The zero-order valence-corrected chi connectivity index (χ0v) is 37.3. The molecule has 2 fully saturated rings. The van der Waals surface area contributed by atoms with Gasteiger partial charge in [-0.2, -0.15) is 0 Å². The number of hydrogen-bond donors (Lipinski definition) is 2. The second-order valence-electron chi connectivity index (χ2n) is 15.7. The van der Waals surface area contributed by atoms with Gasteiger partial charge in [0.1, 0.15) is 23.7 Å². The lowest BCUT2D eigenvalue weighted by atomic mass is 10.0. The number of aromatic carboxylic acids is 1. The topological polar surface area (TPSA) is 192 Å². The van der Waals surface area contributed by atoms with E-state index in [-0.39, 0.29) is 36.5 Å². The molecule has 17 heteroatoms. The van der Waals surface area contributed by atoms with Gasteiger partial charge in [0.15, 0.2) is 0 Å². The Hall–Kier alpha value is -5.23. The molecule has 4 rings (SSSR count). The lowest BCUT2D eigenvalue weighted by Crippen LogP contribution is -2.49. The van der Waals surface area contributed by atoms with Crippen molar-refractivity contribution in [2.45, 2.75) is 78.2 Å². The summed E-state index contributed by atoms with van der Waals surface area (Å²) in [5.41, 5.74) is 2.46. The van der Waals surface area contributed by atoms with Gasteiger partial charge >= 0.3 is 18.1 Å². The molecule has 0 saturated carbocycles. The molecule has 0 bridgehead atoms. The minimum atomic E-state index is -1.08. The van der Waals surface area contributed by atoms with Crippen LogP contribution in [0.2, 0.25) is 0 Å². The second-order valence-corrected chi connectivity index (χ2v) is 15.7. The second kappa shape index (κ2) is 27.0. The van der Waals surface area contributed by atoms with Crippen molar-refractivity contribution in [2.75, 3.05) is 103 Å². The first-order chi connectivity index (χ1) is 29.6. The van der Waals surface area contributed by atoms with Gasteiger partial charge in [0.05, 0.1) is 64.1 Å². The van der Waals surface area contributed by atoms with E-state index >= 15 is 0 Å². The molecule has 0 unspecified atom stereocenters. The predicted octanol–water partition coefficient (Wildman–Crippen LogP) is 6.39. The highest BCUT2D eigenvalue weighted by molar-refractivity contribution is 6.05. The first kappa shape index (κ1) is 51.1. The van der Waals surface area contributed by atoms with Crippen molar-refractivity contribution in [3.8, 4) is 11.5 Å². The average Bonchev–Trinajstić information content (AvgIpc) is 3.21. The number of benzene rings is 2. The van der Waals surface area contributed by atoms with E-state index in [1.54, 1.807) is 24.0 Å². The van der Waals surface area contributed by atoms with Gasteiger partial charge in [0, 0.05) is 64.0 Å².